The van der Waals surface area contributed by atoms with Gasteiger partial charge in [0.25, 0.3) is 0 Å². The molecule has 1 amide bonds. The molecule has 1 atom stereocenters. The van der Waals surface area contributed by atoms with E-state index in [-0.39, 0.29) is 12.1 Å². The van der Waals surface area contributed by atoms with Crippen molar-refractivity contribution in [2.45, 2.75) is 58.7 Å². The van der Waals surface area contributed by atoms with Crippen molar-refractivity contribution in [3.05, 3.63) is 76.6 Å². The van der Waals surface area contributed by atoms with Crippen molar-refractivity contribution >= 4 is 6.09 Å². The molecule has 1 fully saturated rings. The number of likely N-dealkylation sites (tertiary alicyclic amines) is 1. The SMILES string of the molecule is Cc1nn(-c2ccccc2)c(C)c1CN1CCCCC1COC(=O)NCc1ccc2c(c1)CCO2. The molecule has 1 saturated heterocycles. The molecule has 2 aliphatic heterocycles. The summed E-state index contributed by atoms with van der Waals surface area (Å²) in [6.07, 6.45) is 3.91. The number of carbonyl (C=O) groups is 1. The largest absolute Gasteiger partial charge is 0.493 e. The van der Waals surface area contributed by atoms with Gasteiger partial charge in [0.15, 0.2) is 0 Å². The van der Waals surface area contributed by atoms with Crippen molar-refractivity contribution in [2.24, 2.45) is 0 Å². The van der Waals surface area contributed by atoms with Crippen molar-refractivity contribution in [3.8, 4) is 11.4 Å². The molecule has 0 spiro atoms. The van der Waals surface area contributed by atoms with E-state index >= 15 is 0 Å². The van der Waals surface area contributed by atoms with Crippen molar-refractivity contribution < 1.29 is 14.3 Å². The highest BCUT2D eigenvalue weighted by Crippen LogP contribution is 2.26. The third kappa shape index (κ3) is 5.35. The molecule has 0 bridgehead atoms. The molecule has 5 rings (SSSR count). The first kappa shape index (κ1) is 23.4. The number of amides is 1. The van der Waals surface area contributed by atoms with Gasteiger partial charge in [-0.15, -0.1) is 0 Å². The summed E-state index contributed by atoms with van der Waals surface area (Å²) in [6.45, 7) is 7.62. The molecular formula is C28H34N4O3. The zero-order chi connectivity index (χ0) is 24.2. The molecule has 2 aromatic carbocycles. The number of piperidine rings is 1. The van der Waals surface area contributed by atoms with Crippen LogP contribution >= 0.6 is 0 Å². The van der Waals surface area contributed by atoms with E-state index in [1.807, 2.05) is 35.0 Å². The maximum Gasteiger partial charge on any atom is 0.407 e. The van der Waals surface area contributed by atoms with Crippen LogP contribution in [0.5, 0.6) is 5.75 Å². The summed E-state index contributed by atoms with van der Waals surface area (Å²) in [4.78, 5) is 14.9. The minimum Gasteiger partial charge on any atom is -0.493 e. The molecule has 1 aromatic heterocycles. The van der Waals surface area contributed by atoms with Crippen LogP contribution < -0.4 is 10.1 Å². The Labute approximate surface area is 207 Å². The molecule has 0 radical (unpaired) electrons. The summed E-state index contributed by atoms with van der Waals surface area (Å²) in [6, 6.07) is 16.5. The van der Waals surface area contributed by atoms with Gasteiger partial charge in [-0.2, -0.15) is 5.10 Å². The van der Waals surface area contributed by atoms with Gasteiger partial charge < -0.3 is 14.8 Å². The van der Waals surface area contributed by atoms with Gasteiger partial charge in [0.1, 0.15) is 12.4 Å². The smallest absolute Gasteiger partial charge is 0.407 e. The predicted octanol–water partition coefficient (Wildman–Crippen LogP) is 4.70. The number of nitrogens with one attached hydrogen (secondary N) is 1. The number of benzene rings is 2. The zero-order valence-corrected chi connectivity index (χ0v) is 20.6. The maximum atomic E-state index is 12.4. The van der Waals surface area contributed by atoms with E-state index in [0.29, 0.717) is 13.2 Å². The second-order valence-corrected chi connectivity index (χ2v) is 9.51. The highest BCUT2D eigenvalue weighted by Gasteiger charge is 2.26. The monoisotopic (exact) mass is 474 g/mol. The molecule has 184 valence electrons. The fraction of sp³-hybridized carbons (Fsp3) is 0.429. The van der Waals surface area contributed by atoms with E-state index < -0.39 is 0 Å². The van der Waals surface area contributed by atoms with Crippen LogP contribution in [0.25, 0.3) is 5.69 Å². The number of hydrogen-bond acceptors (Lipinski definition) is 5. The standard InChI is InChI=1S/C28H34N4O3/c1-20-26(21(2)32(30-20)24-8-4-3-5-9-24)18-31-14-7-6-10-25(31)19-35-28(33)29-17-22-11-12-27-23(16-22)13-15-34-27/h3-5,8-9,11-12,16,25H,6-7,10,13-15,17-19H2,1-2H3,(H,29,33). The van der Waals surface area contributed by atoms with E-state index in [9.17, 15) is 4.79 Å². The van der Waals surface area contributed by atoms with E-state index in [1.54, 1.807) is 0 Å². The average Bonchev–Trinajstić information content (AvgIpc) is 3.47. The predicted molar refractivity (Wildman–Crippen MR) is 135 cm³/mol. The van der Waals surface area contributed by atoms with Crippen molar-refractivity contribution in [3.63, 3.8) is 0 Å². The fourth-order valence-electron chi connectivity index (χ4n) is 5.13. The van der Waals surface area contributed by atoms with Crippen LogP contribution in [-0.4, -0.2) is 46.6 Å². The van der Waals surface area contributed by atoms with E-state index in [2.05, 4.69) is 42.3 Å². The Morgan fingerprint density at radius 2 is 2.03 bits per heavy atom. The zero-order valence-electron chi connectivity index (χ0n) is 20.6. The van der Waals surface area contributed by atoms with Crippen molar-refractivity contribution in [1.29, 1.82) is 0 Å². The fourth-order valence-corrected chi connectivity index (χ4v) is 5.13. The lowest BCUT2D eigenvalue weighted by Crippen LogP contribution is -2.43. The molecular weight excluding hydrogens is 440 g/mol. The summed E-state index contributed by atoms with van der Waals surface area (Å²) in [5.41, 5.74) is 6.81. The Hall–Kier alpha value is -3.32. The first-order valence-corrected chi connectivity index (χ1v) is 12.6. The summed E-state index contributed by atoms with van der Waals surface area (Å²) in [5.74, 6) is 0.952. The molecule has 1 unspecified atom stereocenters. The van der Waals surface area contributed by atoms with Crippen LogP contribution in [0.3, 0.4) is 0 Å². The molecule has 7 nitrogen and oxygen atoms in total. The van der Waals surface area contributed by atoms with Gasteiger partial charge in [0, 0.05) is 36.8 Å². The van der Waals surface area contributed by atoms with Gasteiger partial charge in [0.05, 0.1) is 18.0 Å². The molecule has 3 aromatic rings. The number of rotatable bonds is 7. The van der Waals surface area contributed by atoms with Crippen molar-refractivity contribution in [2.75, 3.05) is 19.8 Å². The van der Waals surface area contributed by atoms with Gasteiger partial charge >= 0.3 is 6.09 Å². The second-order valence-electron chi connectivity index (χ2n) is 9.51. The number of carbonyl (C=O) groups excluding carboxylic acids is 1. The number of fused-ring (bicyclic) bond motifs is 1. The summed E-state index contributed by atoms with van der Waals surface area (Å²) in [7, 11) is 0. The number of alkyl carbamates (subject to hydrolysis) is 1. The van der Waals surface area contributed by atoms with Gasteiger partial charge in [-0.05, 0) is 62.6 Å². The number of ether oxygens (including phenoxy) is 2. The minimum atomic E-state index is -0.364. The Morgan fingerprint density at radius 3 is 2.89 bits per heavy atom. The third-order valence-electron chi connectivity index (χ3n) is 7.15. The summed E-state index contributed by atoms with van der Waals surface area (Å²) < 4.78 is 13.2. The number of aryl methyl sites for hydroxylation is 1. The second kappa shape index (κ2) is 10.5. The quantitative estimate of drug-likeness (QED) is 0.537. The van der Waals surface area contributed by atoms with Crippen LogP contribution in [-0.2, 0) is 24.2 Å². The van der Waals surface area contributed by atoms with Crippen LogP contribution in [0.4, 0.5) is 4.79 Å². The van der Waals surface area contributed by atoms with Crippen LogP contribution in [0.15, 0.2) is 48.5 Å². The minimum absolute atomic E-state index is 0.213. The molecule has 7 heteroatoms. The molecule has 2 aliphatic rings. The van der Waals surface area contributed by atoms with Gasteiger partial charge in [-0.1, -0.05) is 36.8 Å². The summed E-state index contributed by atoms with van der Waals surface area (Å²) >= 11 is 0. The average molecular weight is 475 g/mol. The van der Waals surface area contributed by atoms with Gasteiger partial charge in [0.2, 0.25) is 0 Å². The molecule has 0 aliphatic carbocycles. The number of para-hydroxylation sites is 1. The Bertz CT molecular complexity index is 1170. The van der Waals surface area contributed by atoms with Crippen LogP contribution in [0, 0.1) is 13.8 Å². The molecule has 0 saturated carbocycles. The number of aromatic nitrogens is 2. The third-order valence-corrected chi connectivity index (χ3v) is 7.15. The molecule has 1 N–H and O–H groups in total. The number of nitrogens with zero attached hydrogens (tertiary/aromatic N) is 3. The van der Waals surface area contributed by atoms with Gasteiger partial charge in [-0.3, -0.25) is 4.90 Å². The lowest BCUT2D eigenvalue weighted by Gasteiger charge is -2.35. The lowest BCUT2D eigenvalue weighted by molar-refractivity contribution is 0.0636. The van der Waals surface area contributed by atoms with Crippen LogP contribution in [0.2, 0.25) is 0 Å². The number of hydrogen-bond donors (Lipinski definition) is 1. The normalized spacial score (nSPS) is 17.6. The lowest BCUT2D eigenvalue weighted by atomic mass is 10.0. The Kier molecular flexibility index (Phi) is 7.04. The van der Waals surface area contributed by atoms with Crippen LogP contribution in [0.1, 0.15) is 47.3 Å². The maximum absolute atomic E-state index is 12.4. The Morgan fingerprint density at radius 1 is 1.17 bits per heavy atom. The van der Waals surface area contributed by atoms with E-state index in [1.165, 1.54) is 11.1 Å². The van der Waals surface area contributed by atoms with Gasteiger partial charge in [-0.25, -0.2) is 9.48 Å². The Balaban J connectivity index is 1.17. The topological polar surface area (TPSA) is 68.6 Å². The first-order valence-electron chi connectivity index (χ1n) is 12.6. The molecule has 3 heterocycles. The summed E-state index contributed by atoms with van der Waals surface area (Å²) in [5, 5.41) is 7.71. The highest BCUT2D eigenvalue weighted by atomic mass is 16.5. The van der Waals surface area contributed by atoms with E-state index in [4.69, 9.17) is 14.6 Å². The molecule has 35 heavy (non-hydrogen) atoms. The van der Waals surface area contributed by atoms with Crippen molar-refractivity contribution in [1.82, 2.24) is 20.0 Å². The highest BCUT2D eigenvalue weighted by molar-refractivity contribution is 5.67. The first-order chi connectivity index (χ1) is 17.1. The van der Waals surface area contributed by atoms with E-state index in [0.717, 1.165) is 73.8 Å².